The lowest BCUT2D eigenvalue weighted by molar-refractivity contribution is 0.0600. The van der Waals surface area contributed by atoms with Gasteiger partial charge in [-0.3, -0.25) is 4.98 Å². The summed E-state index contributed by atoms with van der Waals surface area (Å²) >= 11 is 0. The molecule has 0 atom stereocenters. The van der Waals surface area contributed by atoms with Crippen LogP contribution in [0.25, 0.3) is 22.3 Å². The Morgan fingerprint density at radius 3 is 2.77 bits per heavy atom. The fraction of sp³-hybridized carbons (Fsp3) is 0.125. The Hall–Kier alpha value is -4.13. The molecule has 0 bridgehead atoms. The first-order valence-electron chi connectivity index (χ1n) is 9.84. The highest BCUT2D eigenvalue weighted by Gasteiger charge is 2.20. The lowest BCUT2D eigenvalue weighted by atomic mass is 10.1. The first kappa shape index (κ1) is 18.9. The zero-order valence-corrected chi connectivity index (χ0v) is 16.8. The maximum atomic E-state index is 11.8. The van der Waals surface area contributed by atoms with E-state index in [0.717, 1.165) is 46.3 Å². The first-order chi connectivity index (χ1) is 15.2. The van der Waals surface area contributed by atoms with E-state index in [4.69, 9.17) is 14.4 Å². The van der Waals surface area contributed by atoms with Gasteiger partial charge in [-0.2, -0.15) is 0 Å². The smallest absolute Gasteiger partial charge is 0.337 e. The van der Waals surface area contributed by atoms with Crippen molar-refractivity contribution in [1.82, 2.24) is 4.98 Å². The minimum absolute atomic E-state index is 0.386. The van der Waals surface area contributed by atoms with Crippen molar-refractivity contribution in [3.8, 4) is 11.3 Å². The second-order valence-corrected chi connectivity index (χ2v) is 7.29. The molecular weight excluding hydrogens is 394 g/mol. The average Bonchev–Trinajstić information content (AvgIpc) is 3.40. The number of ether oxygens (including phenoxy) is 1. The number of pyridine rings is 1. The second-order valence-electron chi connectivity index (χ2n) is 7.29. The van der Waals surface area contributed by atoms with Gasteiger partial charge in [0.1, 0.15) is 0 Å². The van der Waals surface area contributed by atoms with Crippen LogP contribution in [0.4, 0.5) is 11.4 Å². The number of aromatic nitrogens is 1. The molecule has 2 N–H and O–H groups in total. The van der Waals surface area contributed by atoms with E-state index >= 15 is 0 Å². The Morgan fingerprint density at radius 1 is 1.16 bits per heavy atom. The second kappa shape index (κ2) is 7.60. The number of carbonyl (C=O) groups excluding carboxylic acids is 1. The van der Waals surface area contributed by atoms with E-state index in [1.165, 1.54) is 7.11 Å². The zero-order chi connectivity index (χ0) is 21.4. The van der Waals surface area contributed by atoms with Crippen LogP contribution < -0.4 is 5.32 Å². The summed E-state index contributed by atoms with van der Waals surface area (Å²) in [6, 6.07) is 15.0. The van der Waals surface area contributed by atoms with E-state index in [1.807, 2.05) is 30.3 Å². The fourth-order valence-electron chi connectivity index (χ4n) is 3.95. The quantitative estimate of drug-likeness (QED) is 0.273. The summed E-state index contributed by atoms with van der Waals surface area (Å²) in [5.74, 6) is 0.264. The normalized spacial score (nSPS) is 14.0. The summed E-state index contributed by atoms with van der Waals surface area (Å²) in [5, 5.41) is 17.0. The Labute approximate surface area is 178 Å². The molecule has 7 heteroatoms. The van der Waals surface area contributed by atoms with Gasteiger partial charge in [0.25, 0.3) is 0 Å². The van der Waals surface area contributed by atoms with Crippen LogP contribution in [0.2, 0.25) is 0 Å². The average molecular weight is 413 g/mol. The molecule has 5 rings (SSSR count). The van der Waals surface area contributed by atoms with E-state index in [1.54, 1.807) is 24.5 Å². The number of benzene rings is 2. The van der Waals surface area contributed by atoms with Crippen LogP contribution in [0.3, 0.4) is 0 Å². The molecule has 0 aliphatic heterocycles. The Morgan fingerprint density at radius 2 is 2.00 bits per heavy atom. The van der Waals surface area contributed by atoms with Gasteiger partial charge < -0.3 is 19.7 Å². The Kier molecular flexibility index (Phi) is 4.63. The highest BCUT2D eigenvalue weighted by molar-refractivity contribution is 6.05. The van der Waals surface area contributed by atoms with E-state index in [0.29, 0.717) is 22.6 Å². The van der Waals surface area contributed by atoms with E-state index in [9.17, 15) is 4.79 Å². The fourth-order valence-corrected chi connectivity index (χ4v) is 3.95. The molecule has 0 amide bonds. The summed E-state index contributed by atoms with van der Waals surface area (Å²) < 4.78 is 10.9. The number of carbonyl (C=O) groups is 1. The summed E-state index contributed by atoms with van der Waals surface area (Å²) in [6.07, 6.45) is 4.97. The van der Waals surface area contributed by atoms with Crippen molar-refractivity contribution < 1.29 is 19.2 Å². The number of rotatable bonds is 4. The van der Waals surface area contributed by atoms with Crippen molar-refractivity contribution >= 4 is 34.0 Å². The van der Waals surface area contributed by atoms with Crippen LogP contribution in [0.1, 0.15) is 27.9 Å². The van der Waals surface area contributed by atoms with Gasteiger partial charge >= 0.3 is 5.97 Å². The molecule has 0 radical (unpaired) electrons. The van der Waals surface area contributed by atoms with Crippen LogP contribution in [-0.4, -0.2) is 29.0 Å². The number of esters is 1. The van der Waals surface area contributed by atoms with Crippen LogP contribution in [0.15, 0.2) is 70.5 Å². The summed E-state index contributed by atoms with van der Waals surface area (Å²) in [4.78, 5) is 15.9. The van der Waals surface area contributed by atoms with Crippen molar-refractivity contribution in [2.24, 2.45) is 5.16 Å². The molecule has 4 aromatic rings. The number of anilines is 2. The van der Waals surface area contributed by atoms with E-state index in [-0.39, 0.29) is 5.97 Å². The molecule has 0 saturated carbocycles. The third kappa shape index (κ3) is 3.30. The van der Waals surface area contributed by atoms with Crippen LogP contribution in [0, 0.1) is 0 Å². The summed E-state index contributed by atoms with van der Waals surface area (Å²) in [6.45, 7) is 0. The highest BCUT2D eigenvalue weighted by atomic mass is 16.5. The minimum Gasteiger partial charge on any atom is -0.465 e. The van der Waals surface area contributed by atoms with Gasteiger partial charge in [-0.1, -0.05) is 23.4 Å². The van der Waals surface area contributed by atoms with Gasteiger partial charge in [-0.15, -0.1) is 0 Å². The number of methoxy groups -OCH3 is 1. The topological polar surface area (TPSA) is 97.0 Å². The van der Waals surface area contributed by atoms with Crippen LogP contribution >= 0.6 is 0 Å². The molecule has 31 heavy (non-hydrogen) atoms. The van der Waals surface area contributed by atoms with Crippen molar-refractivity contribution in [2.45, 2.75) is 12.8 Å². The van der Waals surface area contributed by atoms with Crippen molar-refractivity contribution in [3.05, 3.63) is 77.6 Å². The van der Waals surface area contributed by atoms with Crippen molar-refractivity contribution in [2.75, 3.05) is 12.4 Å². The number of nitrogens with zero attached hydrogens (tertiary/aromatic N) is 2. The highest BCUT2D eigenvalue weighted by Crippen LogP contribution is 2.40. The molecule has 0 fully saturated rings. The Bertz CT molecular complexity index is 1320. The van der Waals surface area contributed by atoms with Crippen LogP contribution in [0.5, 0.6) is 0 Å². The van der Waals surface area contributed by atoms with Crippen molar-refractivity contribution in [1.29, 1.82) is 0 Å². The van der Waals surface area contributed by atoms with Gasteiger partial charge in [0.05, 0.1) is 30.3 Å². The maximum absolute atomic E-state index is 11.8. The zero-order valence-electron chi connectivity index (χ0n) is 16.8. The third-order valence-electron chi connectivity index (χ3n) is 5.50. The standard InChI is InChI=1S/C24H19N3O4/c1-30-24(28)15-4-2-14(3-5-15)23-22(19-10-11-25-13-21(19)31-23)26-17-7-8-18-16(12-17)6-9-20(18)27-29/h2-5,7-8,10-13,26,29H,6,9H2,1H3/b27-20+. The molecule has 2 aromatic heterocycles. The monoisotopic (exact) mass is 413 g/mol. The molecule has 2 aromatic carbocycles. The number of aryl methyl sites for hydroxylation is 1. The molecule has 0 spiro atoms. The third-order valence-corrected chi connectivity index (χ3v) is 5.50. The van der Waals surface area contributed by atoms with Gasteiger partial charge in [0, 0.05) is 28.4 Å². The van der Waals surface area contributed by atoms with Gasteiger partial charge in [0.15, 0.2) is 11.3 Å². The van der Waals surface area contributed by atoms with E-state index < -0.39 is 0 Å². The number of nitrogens with one attached hydrogen (secondary N) is 1. The minimum atomic E-state index is -0.386. The molecule has 1 aliphatic carbocycles. The number of hydrogen-bond acceptors (Lipinski definition) is 7. The maximum Gasteiger partial charge on any atom is 0.337 e. The molecule has 0 unspecified atom stereocenters. The number of hydrogen-bond donors (Lipinski definition) is 2. The lowest BCUT2D eigenvalue weighted by Crippen LogP contribution is -2.00. The van der Waals surface area contributed by atoms with Crippen molar-refractivity contribution in [3.63, 3.8) is 0 Å². The lowest BCUT2D eigenvalue weighted by Gasteiger charge is -2.10. The SMILES string of the molecule is COC(=O)c1ccc(-c2oc3cnccc3c2Nc2ccc3c(c2)CC/C3=N\O)cc1. The number of fused-ring (bicyclic) bond motifs is 2. The van der Waals surface area contributed by atoms with Gasteiger partial charge in [-0.05, 0) is 48.7 Å². The summed E-state index contributed by atoms with van der Waals surface area (Å²) in [5.41, 5.74) is 6.51. The number of furan rings is 1. The molecule has 154 valence electrons. The molecule has 2 heterocycles. The summed E-state index contributed by atoms with van der Waals surface area (Å²) in [7, 11) is 1.36. The molecule has 0 saturated heterocycles. The molecule has 7 nitrogen and oxygen atoms in total. The predicted molar refractivity (Wildman–Crippen MR) is 117 cm³/mol. The molecule has 1 aliphatic rings. The first-order valence-corrected chi connectivity index (χ1v) is 9.84. The van der Waals surface area contributed by atoms with Gasteiger partial charge in [0.2, 0.25) is 0 Å². The van der Waals surface area contributed by atoms with Crippen LogP contribution in [-0.2, 0) is 11.2 Å². The predicted octanol–water partition coefficient (Wildman–Crippen LogP) is 5.15. The Balaban J connectivity index is 1.57. The van der Waals surface area contributed by atoms with Gasteiger partial charge in [-0.25, -0.2) is 4.79 Å². The molecular formula is C24H19N3O4. The largest absolute Gasteiger partial charge is 0.465 e. The number of oxime groups is 1. The van der Waals surface area contributed by atoms with E-state index in [2.05, 4.69) is 21.5 Å².